The number of β-amino-alcohol motifs (C(OH)–C–C–N with tert-alkyl or cyclic N) is 1. The standard InChI is InChI=1S/C26H30ClN7O3/c1-3-24(36)29-18-5-4-6-19(15-18)30-25-21(27)17-28-26(32-25)31-22-8-7-20(16-23(22)37-2)34-11-9-33(10-12-34)13-14-35/h3-8,15-17,35H,1,9-14H2,2H3,(H,29,36)(H2,28,30,31,32). The van der Waals surface area contributed by atoms with Crippen molar-refractivity contribution in [2.45, 2.75) is 0 Å². The molecule has 1 aliphatic rings. The summed E-state index contributed by atoms with van der Waals surface area (Å²) in [5, 5.41) is 18.6. The van der Waals surface area contributed by atoms with Crippen LogP contribution in [-0.4, -0.2) is 72.3 Å². The Hall–Kier alpha value is -3.86. The molecule has 0 bridgehead atoms. The van der Waals surface area contributed by atoms with Gasteiger partial charge in [0, 0.05) is 55.9 Å². The number of benzene rings is 2. The van der Waals surface area contributed by atoms with Crippen LogP contribution in [0.2, 0.25) is 5.02 Å². The molecule has 0 radical (unpaired) electrons. The zero-order valence-corrected chi connectivity index (χ0v) is 21.3. The number of carbonyl (C=O) groups excluding carboxylic acids is 1. The second kappa shape index (κ2) is 12.4. The highest BCUT2D eigenvalue weighted by molar-refractivity contribution is 6.32. The first-order chi connectivity index (χ1) is 18.0. The lowest BCUT2D eigenvalue weighted by Gasteiger charge is -2.36. The van der Waals surface area contributed by atoms with Crippen LogP contribution in [-0.2, 0) is 4.79 Å². The van der Waals surface area contributed by atoms with Crippen molar-refractivity contribution in [2.24, 2.45) is 0 Å². The number of ether oxygens (including phenoxy) is 1. The number of nitrogens with one attached hydrogen (secondary N) is 3. The van der Waals surface area contributed by atoms with Crippen molar-refractivity contribution in [1.82, 2.24) is 14.9 Å². The van der Waals surface area contributed by atoms with Gasteiger partial charge < -0.3 is 30.7 Å². The first-order valence-electron chi connectivity index (χ1n) is 11.9. The van der Waals surface area contributed by atoms with Gasteiger partial charge in [-0.25, -0.2) is 4.98 Å². The molecule has 4 rings (SSSR count). The third kappa shape index (κ3) is 6.88. The second-order valence-corrected chi connectivity index (χ2v) is 8.76. The van der Waals surface area contributed by atoms with E-state index in [1.54, 1.807) is 25.3 Å². The van der Waals surface area contributed by atoms with Gasteiger partial charge in [-0.1, -0.05) is 24.2 Å². The van der Waals surface area contributed by atoms with Crippen LogP contribution in [0.1, 0.15) is 0 Å². The number of methoxy groups -OCH3 is 1. The molecule has 1 saturated heterocycles. The summed E-state index contributed by atoms with van der Waals surface area (Å²) in [6.45, 7) is 7.91. The summed E-state index contributed by atoms with van der Waals surface area (Å²) in [5.74, 6) is 1.11. The van der Waals surface area contributed by atoms with E-state index in [1.165, 1.54) is 12.3 Å². The summed E-state index contributed by atoms with van der Waals surface area (Å²) in [6.07, 6.45) is 2.72. The molecule has 0 saturated carbocycles. The average Bonchev–Trinajstić information content (AvgIpc) is 2.91. The van der Waals surface area contributed by atoms with Crippen molar-refractivity contribution in [1.29, 1.82) is 0 Å². The number of hydrogen-bond acceptors (Lipinski definition) is 9. The van der Waals surface area contributed by atoms with E-state index in [4.69, 9.17) is 21.4 Å². The third-order valence-electron chi connectivity index (χ3n) is 5.91. The van der Waals surface area contributed by atoms with Crippen LogP contribution in [0.4, 0.5) is 34.5 Å². The summed E-state index contributed by atoms with van der Waals surface area (Å²) in [6, 6.07) is 13.1. The van der Waals surface area contributed by atoms with Gasteiger partial charge in [0.1, 0.15) is 10.8 Å². The molecule has 37 heavy (non-hydrogen) atoms. The van der Waals surface area contributed by atoms with Gasteiger partial charge in [-0.05, 0) is 36.4 Å². The first-order valence-corrected chi connectivity index (χ1v) is 12.2. The fourth-order valence-electron chi connectivity index (χ4n) is 3.99. The van der Waals surface area contributed by atoms with Crippen molar-refractivity contribution in [3.63, 3.8) is 0 Å². The number of halogens is 1. The first kappa shape index (κ1) is 26.2. The van der Waals surface area contributed by atoms with E-state index < -0.39 is 0 Å². The lowest BCUT2D eigenvalue weighted by atomic mass is 10.2. The topological polar surface area (TPSA) is 115 Å². The molecular formula is C26H30ClN7O3. The summed E-state index contributed by atoms with van der Waals surface area (Å²) < 4.78 is 5.64. The van der Waals surface area contributed by atoms with E-state index in [2.05, 4.69) is 42.3 Å². The fraction of sp³-hybridized carbons (Fsp3) is 0.269. The lowest BCUT2D eigenvalue weighted by Crippen LogP contribution is -2.47. The minimum absolute atomic E-state index is 0.179. The molecule has 1 aromatic heterocycles. The van der Waals surface area contributed by atoms with Crippen LogP contribution < -0.4 is 25.6 Å². The van der Waals surface area contributed by atoms with E-state index in [9.17, 15) is 4.79 Å². The molecule has 4 N–H and O–H groups in total. The Kier molecular flexibility index (Phi) is 8.78. The monoisotopic (exact) mass is 523 g/mol. The van der Waals surface area contributed by atoms with Crippen LogP contribution in [0, 0.1) is 0 Å². The van der Waals surface area contributed by atoms with E-state index in [1.807, 2.05) is 24.3 Å². The lowest BCUT2D eigenvalue weighted by molar-refractivity contribution is -0.111. The quantitative estimate of drug-likeness (QED) is 0.294. The number of aliphatic hydroxyl groups excluding tert-OH is 1. The van der Waals surface area contributed by atoms with Crippen LogP contribution in [0.5, 0.6) is 5.75 Å². The molecule has 1 amide bonds. The molecule has 0 aliphatic carbocycles. The van der Waals surface area contributed by atoms with E-state index in [-0.39, 0.29) is 12.5 Å². The highest BCUT2D eigenvalue weighted by atomic mass is 35.5. The van der Waals surface area contributed by atoms with Gasteiger partial charge in [0.2, 0.25) is 11.9 Å². The smallest absolute Gasteiger partial charge is 0.247 e. The number of anilines is 6. The van der Waals surface area contributed by atoms with E-state index in [0.717, 1.165) is 31.9 Å². The number of nitrogens with zero attached hydrogens (tertiary/aromatic N) is 4. The SMILES string of the molecule is C=CC(=O)Nc1cccc(Nc2nc(Nc3ccc(N4CCN(CCO)CC4)cc3OC)ncc2Cl)c1. The summed E-state index contributed by atoms with van der Waals surface area (Å²) in [5.41, 5.74) is 3.08. The minimum Gasteiger partial charge on any atom is -0.494 e. The Morgan fingerprint density at radius 3 is 2.68 bits per heavy atom. The van der Waals surface area contributed by atoms with Crippen molar-refractivity contribution in [3.05, 3.63) is 66.3 Å². The van der Waals surface area contributed by atoms with Gasteiger partial charge in [0.15, 0.2) is 5.82 Å². The zero-order valence-electron chi connectivity index (χ0n) is 20.6. The highest BCUT2D eigenvalue weighted by Gasteiger charge is 2.18. The largest absolute Gasteiger partial charge is 0.494 e. The molecule has 2 aromatic carbocycles. The maximum atomic E-state index is 11.6. The third-order valence-corrected chi connectivity index (χ3v) is 6.18. The summed E-state index contributed by atoms with van der Waals surface area (Å²) in [7, 11) is 1.62. The van der Waals surface area contributed by atoms with Gasteiger partial charge in [-0.15, -0.1) is 0 Å². The minimum atomic E-state index is -0.298. The van der Waals surface area contributed by atoms with Crippen molar-refractivity contribution in [2.75, 3.05) is 67.3 Å². The Bertz CT molecular complexity index is 1250. The molecule has 1 fully saturated rings. The van der Waals surface area contributed by atoms with Gasteiger partial charge in [-0.2, -0.15) is 4.98 Å². The van der Waals surface area contributed by atoms with Gasteiger partial charge in [0.25, 0.3) is 0 Å². The Morgan fingerprint density at radius 1 is 1.16 bits per heavy atom. The van der Waals surface area contributed by atoms with E-state index in [0.29, 0.717) is 46.1 Å². The predicted octanol–water partition coefficient (Wildman–Crippen LogP) is 3.86. The maximum Gasteiger partial charge on any atom is 0.247 e. The zero-order chi connectivity index (χ0) is 26.2. The molecule has 2 heterocycles. The van der Waals surface area contributed by atoms with Crippen LogP contribution in [0.15, 0.2) is 61.3 Å². The molecular weight excluding hydrogens is 494 g/mol. The molecule has 0 unspecified atom stereocenters. The highest BCUT2D eigenvalue weighted by Crippen LogP contribution is 2.33. The van der Waals surface area contributed by atoms with E-state index >= 15 is 0 Å². The molecule has 0 atom stereocenters. The Labute approximate surface area is 220 Å². The number of carbonyl (C=O) groups is 1. The predicted molar refractivity (Wildman–Crippen MR) is 148 cm³/mol. The molecule has 11 heteroatoms. The molecule has 194 valence electrons. The van der Waals surface area contributed by atoms with Gasteiger partial charge in [-0.3, -0.25) is 9.69 Å². The summed E-state index contributed by atoms with van der Waals surface area (Å²) >= 11 is 6.35. The number of hydrogen-bond donors (Lipinski definition) is 4. The summed E-state index contributed by atoms with van der Waals surface area (Å²) in [4.78, 5) is 25.0. The van der Waals surface area contributed by atoms with Gasteiger partial charge >= 0.3 is 0 Å². The van der Waals surface area contributed by atoms with Crippen LogP contribution >= 0.6 is 11.6 Å². The second-order valence-electron chi connectivity index (χ2n) is 8.35. The number of aliphatic hydroxyl groups is 1. The van der Waals surface area contributed by atoms with Crippen molar-refractivity contribution >= 4 is 52.0 Å². The fourth-order valence-corrected chi connectivity index (χ4v) is 4.13. The molecule has 10 nitrogen and oxygen atoms in total. The molecule has 0 spiro atoms. The number of amides is 1. The van der Waals surface area contributed by atoms with Crippen LogP contribution in [0.3, 0.4) is 0 Å². The van der Waals surface area contributed by atoms with Crippen molar-refractivity contribution < 1.29 is 14.6 Å². The van der Waals surface area contributed by atoms with Gasteiger partial charge in [0.05, 0.1) is 25.6 Å². The Balaban J connectivity index is 1.47. The number of rotatable bonds is 10. The van der Waals surface area contributed by atoms with Crippen LogP contribution in [0.25, 0.3) is 0 Å². The normalized spacial score (nSPS) is 13.6. The van der Waals surface area contributed by atoms with Crippen molar-refractivity contribution in [3.8, 4) is 5.75 Å². The Morgan fingerprint density at radius 2 is 1.95 bits per heavy atom. The maximum absolute atomic E-state index is 11.6. The molecule has 3 aromatic rings. The number of aromatic nitrogens is 2. The average molecular weight is 524 g/mol. The molecule has 1 aliphatic heterocycles. The number of piperazine rings is 1.